The van der Waals surface area contributed by atoms with Crippen molar-refractivity contribution in [2.24, 2.45) is 5.92 Å². The Morgan fingerprint density at radius 2 is 1.71 bits per heavy atom. The third kappa shape index (κ3) is 4.73. The molecule has 1 aliphatic carbocycles. The zero-order valence-corrected chi connectivity index (χ0v) is 20.2. The number of benzene rings is 2. The summed E-state index contributed by atoms with van der Waals surface area (Å²) in [5, 5.41) is 2.85. The molecular weight excluding hydrogens is 416 g/mol. The van der Waals surface area contributed by atoms with Crippen LogP contribution in [0.4, 0.5) is 0 Å². The summed E-state index contributed by atoms with van der Waals surface area (Å²) in [5.74, 6) is 1.53. The summed E-state index contributed by atoms with van der Waals surface area (Å²) in [6, 6.07) is 18.9. The molecule has 0 spiro atoms. The van der Waals surface area contributed by atoms with E-state index >= 15 is 0 Å². The second-order valence-corrected chi connectivity index (χ2v) is 8.82. The van der Waals surface area contributed by atoms with Gasteiger partial charge in [0.15, 0.2) is 0 Å². The van der Waals surface area contributed by atoms with E-state index in [0.29, 0.717) is 5.92 Å². The van der Waals surface area contributed by atoms with Crippen molar-refractivity contribution in [3.05, 3.63) is 65.2 Å². The zero-order chi connectivity index (χ0) is 18.8. The molecule has 0 amide bonds. The Kier molecular flexibility index (Phi) is 7.44. The molecule has 0 N–H and O–H groups in total. The van der Waals surface area contributed by atoms with Crippen molar-refractivity contribution in [1.82, 2.24) is 0 Å². The Morgan fingerprint density at radius 1 is 1.00 bits per heavy atom. The van der Waals surface area contributed by atoms with Crippen molar-refractivity contribution in [1.29, 1.82) is 0 Å². The Bertz CT molecular complexity index is 894. The first-order valence-electron chi connectivity index (χ1n) is 10.9. The fraction of sp³-hybridized carbons (Fsp3) is 0.444. The van der Waals surface area contributed by atoms with E-state index in [0.717, 1.165) is 5.92 Å². The third-order valence-electron chi connectivity index (χ3n) is 6.68. The average Bonchev–Trinajstić information content (AvgIpc) is 3.09. The van der Waals surface area contributed by atoms with Crippen molar-refractivity contribution in [3.63, 3.8) is 0 Å². The minimum absolute atomic E-state index is 0. The molecule has 1 saturated carbocycles. The van der Waals surface area contributed by atoms with Gasteiger partial charge in [0.2, 0.25) is 0 Å². The molecule has 146 valence electrons. The van der Waals surface area contributed by atoms with E-state index < -0.39 is 0 Å². The van der Waals surface area contributed by atoms with Crippen LogP contribution in [0.3, 0.4) is 0 Å². The molecule has 1 heteroatoms. The normalized spacial score (nSPS) is 16.1. The molecule has 4 rings (SSSR count). The van der Waals surface area contributed by atoms with Crippen LogP contribution in [-0.2, 0) is 32.6 Å². The van der Waals surface area contributed by atoms with Gasteiger partial charge >= 0.3 is 0 Å². The van der Waals surface area contributed by atoms with E-state index in [2.05, 4.69) is 69.3 Å². The maximum atomic E-state index is 2.47. The van der Waals surface area contributed by atoms with E-state index in [9.17, 15) is 0 Å². The van der Waals surface area contributed by atoms with Gasteiger partial charge in [0.1, 0.15) is 0 Å². The number of aryl methyl sites for hydroxylation is 1. The second kappa shape index (κ2) is 9.62. The molecule has 3 aromatic carbocycles. The van der Waals surface area contributed by atoms with Crippen LogP contribution >= 0.6 is 0 Å². The first kappa shape index (κ1) is 21.6. The van der Waals surface area contributed by atoms with Crippen molar-refractivity contribution in [2.45, 2.75) is 71.6 Å². The van der Waals surface area contributed by atoms with Gasteiger partial charge in [-0.1, -0.05) is 87.4 Å². The van der Waals surface area contributed by atoms with Gasteiger partial charge < -0.3 is 0 Å². The van der Waals surface area contributed by atoms with Gasteiger partial charge in [-0.2, -0.15) is 6.07 Å². The SMILES string of the molecule is CCC(C)c1ccc(-c2cc(C)cc3[cH-]c(CC4CCCCC4)cc23)cc1.[Zr]. The zero-order valence-electron chi connectivity index (χ0n) is 17.7. The summed E-state index contributed by atoms with van der Waals surface area (Å²) < 4.78 is 0. The molecule has 1 unspecified atom stereocenters. The molecule has 1 aliphatic rings. The predicted molar refractivity (Wildman–Crippen MR) is 119 cm³/mol. The van der Waals surface area contributed by atoms with E-state index in [1.165, 1.54) is 78.0 Å². The summed E-state index contributed by atoms with van der Waals surface area (Å²) >= 11 is 0. The summed E-state index contributed by atoms with van der Waals surface area (Å²) in [6.45, 7) is 6.80. The van der Waals surface area contributed by atoms with E-state index in [4.69, 9.17) is 0 Å². The summed E-state index contributed by atoms with van der Waals surface area (Å²) in [4.78, 5) is 0. The molecule has 28 heavy (non-hydrogen) atoms. The van der Waals surface area contributed by atoms with Gasteiger partial charge in [-0.05, 0) is 42.7 Å². The quantitative estimate of drug-likeness (QED) is 0.345. The molecule has 0 radical (unpaired) electrons. The van der Waals surface area contributed by atoms with Crippen LogP contribution in [0.25, 0.3) is 21.9 Å². The summed E-state index contributed by atoms with van der Waals surface area (Å²) in [6.07, 6.45) is 9.60. The van der Waals surface area contributed by atoms with Gasteiger partial charge in [0.05, 0.1) is 0 Å². The minimum atomic E-state index is 0. The fourth-order valence-corrected chi connectivity index (χ4v) is 4.84. The molecular formula is C27H33Zr-. The Hall–Kier alpha value is -1.07. The molecule has 3 aromatic rings. The van der Waals surface area contributed by atoms with Crippen LogP contribution in [-0.4, -0.2) is 0 Å². The van der Waals surface area contributed by atoms with Gasteiger partial charge in [-0.3, -0.25) is 0 Å². The molecule has 0 aromatic heterocycles. The fourth-order valence-electron chi connectivity index (χ4n) is 4.84. The topological polar surface area (TPSA) is 0 Å². The van der Waals surface area contributed by atoms with Crippen LogP contribution in [0.15, 0.2) is 48.5 Å². The van der Waals surface area contributed by atoms with Crippen LogP contribution in [0.2, 0.25) is 0 Å². The van der Waals surface area contributed by atoms with Crippen molar-refractivity contribution in [2.75, 3.05) is 0 Å². The average molecular weight is 449 g/mol. The Labute approximate surface area is 190 Å². The van der Waals surface area contributed by atoms with Crippen molar-refractivity contribution in [3.8, 4) is 11.1 Å². The van der Waals surface area contributed by atoms with E-state index in [1.54, 1.807) is 5.56 Å². The van der Waals surface area contributed by atoms with Gasteiger partial charge in [-0.15, -0.1) is 28.5 Å². The third-order valence-corrected chi connectivity index (χ3v) is 6.68. The molecule has 1 atom stereocenters. The van der Waals surface area contributed by atoms with Crippen LogP contribution in [0, 0.1) is 12.8 Å². The number of rotatable bonds is 5. The standard InChI is InChI=1S/C27H33.Zr/c1-4-20(3)23-10-12-24(13-11-23)26-15-19(2)14-25-17-22(18-27(25)26)16-21-8-6-5-7-9-21;/h10-15,17-18,20-21H,4-9,16H2,1-3H3;/q-1;. The van der Waals surface area contributed by atoms with Crippen LogP contribution < -0.4 is 0 Å². The Morgan fingerprint density at radius 3 is 2.39 bits per heavy atom. The molecule has 0 bridgehead atoms. The molecule has 0 saturated heterocycles. The molecule has 0 nitrogen and oxygen atoms in total. The number of hydrogen-bond acceptors (Lipinski definition) is 0. The first-order chi connectivity index (χ1) is 13.1. The van der Waals surface area contributed by atoms with Crippen molar-refractivity contribution < 1.29 is 26.2 Å². The van der Waals surface area contributed by atoms with Crippen LogP contribution in [0.5, 0.6) is 0 Å². The van der Waals surface area contributed by atoms with Crippen LogP contribution in [0.1, 0.15) is 75.0 Å². The van der Waals surface area contributed by atoms with Gasteiger partial charge in [0.25, 0.3) is 0 Å². The summed E-state index contributed by atoms with van der Waals surface area (Å²) in [7, 11) is 0. The van der Waals surface area contributed by atoms with E-state index in [-0.39, 0.29) is 26.2 Å². The summed E-state index contributed by atoms with van der Waals surface area (Å²) in [5.41, 5.74) is 7.10. The predicted octanol–water partition coefficient (Wildman–Crippen LogP) is 8.17. The van der Waals surface area contributed by atoms with E-state index in [1.807, 2.05) is 0 Å². The second-order valence-electron chi connectivity index (χ2n) is 8.82. The van der Waals surface area contributed by atoms with Crippen molar-refractivity contribution >= 4 is 10.8 Å². The maximum absolute atomic E-state index is 2.47. The monoisotopic (exact) mass is 447 g/mol. The smallest absolute Gasteiger partial charge is 0 e. The minimum Gasteiger partial charge on any atom is -0.164 e. The first-order valence-corrected chi connectivity index (χ1v) is 10.9. The number of fused-ring (bicyclic) bond motifs is 1. The number of hydrogen-bond donors (Lipinski definition) is 0. The van der Waals surface area contributed by atoms with Gasteiger partial charge in [-0.25, -0.2) is 0 Å². The molecule has 0 heterocycles. The van der Waals surface area contributed by atoms with Gasteiger partial charge in [0, 0.05) is 26.2 Å². The molecule has 0 aliphatic heterocycles. The molecule has 1 fully saturated rings. The maximum Gasteiger partial charge on any atom is 0 e. The Balaban J connectivity index is 0.00000225. The largest absolute Gasteiger partial charge is 0.164 e.